The lowest BCUT2D eigenvalue weighted by Gasteiger charge is -2.16. The Morgan fingerprint density at radius 2 is 2.00 bits per heavy atom. The number of benzene rings is 1. The molecule has 0 aliphatic carbocycles. The van der Waals surface area contributed by atoms with Crippen LogP contribution in [0.3, 0.4) is 0 Å². The van der Waals surface area contributed by atoms with Crippen LogP contribution in [-0.2, 0) is 9.59 Å². The van der Waals surface area contributed by atoms with Crippen molar-refractivity contribution in [1.82, 2.24) is 0 Å². The van der Waals surface area contributed by atoms with Crippen LogP contribution in [0.1, 0.15) is 12.0 Å². The molecule has 0 aromatic heterocycles. The topological polar surface area (TPSA) is 57.6 Å². The summed E-state index contributed by atoms with van der Waals surface area (Å²) in [4.78, 5) is 24.1. The highest BCUT2D eigenvalue weighted by atomic mass is 16.4. The van der Waals surface area contributed by atoms with Gasteiger partial charge in [0.1, 0.15) is 5.92 Å². The van der Waals surface area contributed by atoms with Crippen LogP contribution in [0.4, 0.5) is 5.69 Å². The number of amides is 1. The molecule has 1 aromatic carbocycles. The number of nitrogens with zero attached hydrogens (tertiary/aromatic N) is 1. The standard InChI is InChI=1S/C12H13NO3/c1-8-2-4-9(5-3-8)13-7-6-10(11(13)14)12(15)16/h2-5,10H,6-7H2,1H3,(H,15,16)/t10-/m0/s1. The molecule has 1 atom stereocenters. The van der Waals surface area contributed by atoms with Crippen molar-refractivity contribution in [1.29, 1.82) is 0 Å². The van der Waals surface area contributed by atoms with Crippen molar-refractivity contribution < 1.29 is 14.7 Å². The number of carboxylic acid groups (broad SMARTS) is 1. The molecule has 1 heterocycles. The summed E-state index contributed by atoms with van der Waals surface area (Å²) >= 11 is 0. The van der Waals surface area contributed by atoms with E-state index in [1.165, 1.54) is 4.90 Å². The zero-order valence-electron chi connectivity index (χ0n) is 9.01. The lowest BCUT2D eigenvalue weighted by Crippen LogP contribution is -2.30. The average Bonchev–Trinajstić information content (AvgIpc) is 2.61. The first-order valence-corrected chi connectivity index (χ1v) is 5.20. The summed E-state index contributed by atoms with van der Waals surface area (Å²) in [5, 5.41) is 8.84. The fraction of sp³-hybridized carbons (Fsp3) is 0.333. The van der Waals surface area contributed by atoms with Crippen molar-refractivity contribution in [2.24, 2.45) is 5.92 Å². The molecule has 1 N–H and O–H groups in total. The fourth-order valence-corrected chi connectivity index (χ4v) is 1.89. The molecular weight excluding hydrogens is 206 g/mol. The number of aliphatic carboxylic acids is 1. The molecule has 1 saturated heterocycles. The summed E-state index contributed by atoms with van der Waals surface area (Å²) in [6, 6.07) is 7.52. The summed E-state index contributed by atoms with van der Waals surface area (Å²) < 4.78 is 0. The maximum Gasteiger partial charge on any atom is 0.316 e. The predicted octanol–water partition coefficient (Wildman–Crippen LogP) is 1.43. The highest BCUT2D eigenvalue weighted by Crippen LogP contribution is 2.25. The number of aryl methyl sites for hydroxylation is 1. The molecule has 2 rings (SSSR count). The molecule has 0 saturated carbocycles. The normalized spacial score (nSPS) is 20.2. The Hall–Kier alpha value is -1.84. The highest BCUT2D eigenvalue weighted by Gasteiger charge is 2.37. The molecule has 4 heteroatoms. The first-order valence-electron chi connectivity index (χ1n) is 5.20. The minimum absolute atomic E-state index is 0.309. The summed E-state index contributed by atoms with van der Waals surface area (Å²) in [5.41, 5.74) is 1.89. The van der Waals surface area contributed by atoms with Gasteiger partial charge in [0, 0.05) is 12.2 Å². The highest BCUT2D eigenvalue weighted by molar-refractivity contribution is 6.07. The molecule has 0 bridgehead atoms. The second-order valence-corrected chi connectivity index (χ2v) is 4.00. The molecule has 84 valence electrons. The van der Waals surface area contributed by atoms with Crippen LogP contribution in [0, 0.1) is 12.8 Å². The number of carbonyl (C=O) groups excluding carboxylic acids is 1. The second kappa shape index (κ2) is 3.96. The maximum absolute atomic E-state index is 11.8. The molecule has 1 amide bonds. The van der Waals surface area contributed by atoms with Gasteiger partial charge in [0.15, 0.2) is 0 Å². The minimum Gasteiger partial charge on any atom is -0.481 e. The molecular formula is C12H13NO3. The SMILES string of the molecule is Cc1ccc(N2CC[C@H](C(=O)O)C2=O)cc1. The quantitative estimate of drug-likeness (QED) is 0.765. The zero-order chi connectivity index (χ0) is 11.7. The Morgan fingerprint density at radius 1 is 1.38 bits per heavy atom. The Kier molecular flexibility index (Phi) is 2.64. The van der Waals surface area contributed by atoms with E-state index in [0.29, 0.717) is 13.0 Å². The summed E-state index contributed by atoms with van der Waals surface area (Å²) in [6.45, 7) is 2.45. The number of carbonyl (C=O) groups is 2. The van der Waals surface area contributed by atoms with E-state index in [1.807, 2.05) is 31.2 Å². The molecule has 0 unspecified atom stereocenters. The van der Waals surface area contributed by atoms with Crippen molar-refractivity contribution in [3.63, 3.8) is 0 Å². The number of hydrogen-bond acceptors (Lipinski definition) is 2. The van der Waals surface area contributed by atoms with E-state index in [9.17, 15) is 9.59 Å². The molecule has 16 heavy (non-hydrogen) atoms. The molecule has 1 aliphatic heterocycles. The van der Waals surface area contributed by atoms with Gasteiger partial charge in [-0.05, 0) is 25.5 Å². The number of rotatable bonds is 2. The third-order valence-electron chi connectivity index (χ3n) is 2.85. The third kappa shape index (κ3) is 1.78. The molecule has 1 fully saturated rings. The molecule has 0 spiro atoms. The van der Waals surface area contributed by atoms with E-state index in [-0.39, 0.29) is 5.91 Å². The summed E-state index contributed by atoms with van der Waals surface area (Å²) in [6.07, 6.45) is 0.391. The lowest BCUT2D eigenvalue weighted by molar-refractivity contribution is -0.144. The van der Waals surface area contributed by atoms with Crippen LogP contribution in [0.15, 0.2) is 24.3 Å². The molecule has 4 nitrogen and oxygen atoms in total. The van der Waals surface area contributed by atoms with Crippen molar-refractivity contribution in [3.05, 3.63) is 29.8 Å². The van der Waals surface area contributed by atoms with Gasteiger partial charge in [-0.25, -0.2) is 0 Å². The maximum atomic E-state index is 11.8. The summed E-state index contributed by atoms with van der Waals surface area (Å²) in [7, 11) is 0. The third-order valence-corrected chi connectivity index (χ3v) is 2.85. The van der Waals surface area contributed by atoms with E-state index < -0.39 is 11.9 Å². The van der Waals surface area contributed by atoms with E-state index >= 15 is 0 Å². The first kappa shape index (κ1) is 10.7. The van der Waals surface area contributed by atoms with Gasteiger partial charge in [-0.1, -0.05) is 17.7 Å². The predicted molar refractivity (Wildman–Crippen MR) is 59.3 cm³/mol. The van der Waals surface area contributed by atoms with Crippen LogP contribution < -0.4 is 4.90 Å². The van der Waals surface area contributed by atoms with Crippen LogP contribution in [0.5, 0.6) is 0 Å². The van der Waals surface area contributed by atoms with Crippen LogP contribution >= 0.6 is 0 Å². The molecule has 0 radical (unpaired) electrons. The van der Waals surface area contributed by atoms with Crippen LogP contribution in [0.2, 0.25) is 0 Å². The first-order chi connectivity index (χ1) is 7.59. The fourth-order valence-electron chi connectivity index (χ4n) is 1.89. The van der Waals surface area contributed by atoms with E-state index in [0.717, 1.165) is 11.3 Å². The second-order valence-electron chi connectivity index (χ2n) is 4.00. The van der Waals surface area contributed by atoms with Gasteiger partial charge in [-0.15, -0.1) is 0 Å². The Morgan fingerprint density at radius 3 is 2.50 bits per heavy atom. The van der Waals surface area contributed by atoms with E-state index in [1.54, 1.807) is 0 Å². The molecule has 1 aromatic rings. The van der Waals surface area contributed by atoms with Gasteiger partial charge >= 0.3 is 5.97 Å². The zero-order valence-corrected chi connectivity index (χ0v) is 9.01. The Bertz CT molecular complexity index is 424. The van der Waals surface area contributed by atoms with Crippen LogP contribution in [-0.4, -0.2) is 23.5 Å². The van der Waals surface area contributed by atoms with Crippen molar-refractivity contribution in [3.8, 4) is 0 Å². The van der Waals surface area contributed by atoms with E-state index in [4.69, 9.17) is 5.11 Å². The van der Waals surface area contributed by atoms with Crippen molar-refractivity contribution in [2.45, 2.75) is 13.3 Å². The molecule has 1 aliphatic rings. The number of hydrogen-bond donors (Lipinski definition) is 1. The monoisotopic (exact) mass is 219 g/mol. The van der Waals surface area contributed by atoms with Gasteiger partial charge in [-0.3, -0.25) is 9.59 Å². The average molecular weight is 219 g/mol. The number of anilines is 1. The summed E-state index contributed by atoms with van der Waals surface area (Å²) in [5.74, 6) is -2.21. The van der Waals surface area contributed by atoms with Gasteiger partial charge in [-0.2, -0.15) is 0 Å². The Balaban J connectivity index is 2.21. The van der Waals surface area contributed by atoms with Crippen LogP contribution in [0.25, 0.3) is 0 Å². The number of carboxylic acids is 1. The van der Waals surface area contributed by atoms with Crippen molar-refractivity contribution >= 4 is 17.6 Å². The minimum atomic E-state index is -1.03. The van der Waals surface area contributed by atoms with Crippen molar-refractivity contribution in [2.75, 3.05) is 11.4 Å². The van der Waals surface area contributed by atoms with Gasteiger partial charge in [0.2, 0.25) is 5.91 Å². The largest absolute Gasteiger partial charge is 0.481 e. The van der Waals surface area contributed by atoms with Gasteiger partial charge in [0.05, 0.1) is 0 Å². The lowest BCUT2D eigenvalue weighted by atomic mass is 10.1. The van der Waals surface area contributed by atoms with Gasteiger partial charge in [0.25, 0.3) is 0 Å². The van der Waals surface area contributed by atoms with E-state index in [2.05, 4.69) is 0 Å². The Labute approximate surface area is 93.5 Å². The smallest absolute Gasteiger partial charge is 0.316 e. The van der Waals surface area contributed by atoms with Gasteiger partial charge < -0.3 is 10.0 Å².